The second-order valence-corrected chi connectivity index (χ2v) is 11.1. The molecule has 0 bridgehead atoms. The zero-order valence-electron chi connectivity index (χ0n) is 13.3. The molecule has 0 amide bonds. The Morgan fingerprint density at radius 2 is 0.944 bits per heavy atom. The van der Waals surface area contributed by atoms with Gasteiger partial charge in [0.05, 0.1) is 0 Å². The molecule has 0 aliphatic rings. The Morgan fingerprint density at radius 1 is 0.611 bits per heavy atom. The van der Waals surface area contributed by atoms with E-state index in [1.165, 1.54) is 83.1 Å². The molecule has 0 spiro atoms. The van der Waals surface area contributed by atoms with Crippen LogP contribution in [0.2, 0.25) is 19.1 Å². The smallest absolute Gasteiger partial charge is 0.116 e. The van der Waals surface area contributed by atoms with Crippen molar-refractivity contribution in [2.45, 2.75) is 103 Å². The van der Waals surface area contributed by atoms with Gasteiger partial charge in [-0.1, -0.05) is 97.1 Å². The summed E-state index contributed by atoms with van der Waals surface area (Å²) >= 11 is 0. The maximum absolute atomic E-state index is 6.10. The van der Waals surface area contributed by atoms with Gasteiger partial charge >= 0.3 is 0 Å². The van der Waals surface area contributed by atoms with Crippen LogP contribution in [0.5, 0.6) is 0 Å². The number of rotatable bonds is 13. The maximum atomic E-state index is 6.10. The van der Waals surface area contributed by atoms with Gasteiger partial charge in [0.2, 0.25) is 0 Å². The quantitative estimate of drug-likeness (QED) is 0.330. The van der Waals surface area contributed by atoms with Crippen LogP contribution in [0.4, 0.5) is 0 Å². The van der Waals surface area contributed by atoms with E-state index in [2.05, 4.69) is 20.0 Å². The van der Waals surface area contributed by atoms with Crippen molar-refractivity contribution in [1.82, 2.24) is 0 Å². The molecule has 0 unspecified atom stereocenters. The minimum atomic E-state index is -1.25. The van der Waals surface area contributed by atoms with Gasteiger partial charge in [-0.05, 0) is 6.04 Å². The third-order valence-corrected chi connectivity index (χ3v) is 5.32. The first-order valence-corrected chi connectivity index (χ1v) is 11.6. The number of hydrogen-bond donors (Lipinski definition) is 1. The summed E-state index contributed by atoms with van der Waals surface area (Å²) in [4.78, 5) is 0. The molecular weight excluding hydrogens is 234 g/mol. The second-order valence-electron chi connectivity index (χ2n) is 6.63. The molecular formula is C16H37NSi. The first-order valence-electron chi connectivity index (χ1n) is 8.35. The molecule has 1 nitrogen and oxygen atoms in total. The molecule has 2 heteroatoms. The number of hydrogen-bond acceptors (Lipinski definition) is 1. The van der Waals surface area contributed by atoms with Gasteiger partial charge in [-0.2, -0.15) is 0 Å². The molecule has 110 valence electrons. The largest absolute Gasteiger partial charge is 0.351 e. The molecule has 0 aromatic carbocycles. The number of nitrogens with two attached hydrogens (primary N) is 1. The van der Waals surface area contributed by atoms with Crippen LogP contribution in [-0.4, -0.2) is 8.24 Å². The molecule has 0 fully saturated rings. The van der Waals surface area contributed by atoms with E-state index in [9.17, 15) is 0 Å². The Morgan fingerprint density at radius 3 is 1.28 bits per heavy atom. The van der Waals surface area contributed by atoms with Crippen LogP contribution >= 0.6 is 0 Å². The SMILES string of the molecule is CCCCCCCCCCCCCC[Si](C)(C)N. The summed E-state index contributed by atoms with van der Waals surface area (Å²) in [6.07, 6.45) is 17.2. The highest BCUT2D eigenvalue weighted by Crippen LogP contribution is 2.14. The topological polar surface area (TPSA) is 26.0 Å². The van der Waals surface area contributed by atoms with E-state index < -0.39 is 8.24 Å². The van der Waals surface area contributed by atoms with Gasteiger partial charge in [0, 0.05) is 0 Å². The van der Waals surface area contributed by atoms with E-state index in [1.807, 2.05) is 0 Å². The van der Waals surface area contributed by atoms with Crippen LogP contribution in [-0.2, 0) is 0 Å². The Balaban J connectivity index is 2.99. The summed E-state index contributed by atoms with van der Waals surface area (Å²) in [5, 5.41) is 6.10. The molecule has 0 aliphatic heterocycles. The Kier molecular flexibility index (Phi) is 12.3. The molecule has 0 saturated carbocycles. The third-order valence-electron chi connectivity index (χ3n) is 3.67. The molecule has 2 N–H and O–H groups in total. The minimum Gasteiger partial charge on any atom is -0.351 e. The predicted octanol–water partition coefficient (Wildman–Crippen LogP) is 5.85. The summed E-state index contributed by atoms with van der Waals surface area (Å²) in [6, 6.07) is 1.31. The Labute approximate surface area is 117 Å². The lowest BCUT2D eigenvalue weighted by molar-refractivity contribution is 0.547. The van der Waals surface area contributed by atoms with Crippen LogP contribution in [0.25, 0.3) is 0 Å². The van der Waals surface area contributed by atoms with Gasteiger partial charge < -0.3 is 5.40 Å². The Bertz CT molecular complexity index is 163. The second kappa shape index (κ2) is 12.2. The van der Waals surface area contributed by atoms with Crippen molar-refractivity contribution >= 4 is 8.24 Å². The van der Waals surface area contributed by atoms with E-state index in [0.29, 0.717) is 0 Å². The zero-order valence-corrected chi connectivity index (χ0v) is 14.3. The summed E-state index contributed by atoms with van der Waals surface area (Å²) < 4.78 is 0. The van der Waals surface area contributed by atoms with Crippen LogP contribution in [0.1, 0.15) is 84.0 Å². The highest BCUT2D eigenvalue weighted by molar-refractivity contribution is 6.74. The summed E-state index contributed by atoms with van der Waals surface area (Å²) in [6.45, 7) is 6.82. The maximum Gasteiger partial charge on any atom is 0.116 e. The lowest BCUT2D eigenvalue weighted by atomic mass is 10.1. The standard InChI is InChI=1S/C16H37NSi/c1-4-5-6-7-8-9-10-11-12-13-14-15-16-18(2,3)17/h4-17H2,1-3H3. The van der Waals surface area contributed by atoms with E-state index in [0.717, 1.165) is 0 Å². The Hall–Kier alpha value is 0.177. The molecule has 0 radical (unpaired) electrons. The lowest BCUT2D eigenvalue weighted by Crippen LogP contribution is -2.37. The third kappa shape index (κ3) is 16.2. The predicted molar refractivity (Wildman–Crippen MR) is 87.6 cm³/mol. The monoisotopic (exact) mass is 271 g/mol. The normalized spacial score (nSPS) is 12.0. The van der Waals surface area contributed by atoms with Gasteiger partial charge in [-0.25, -0.2) is 0 Å². The van der Waals surface area contributed by atoms with Gasteiger partial charge in [0.1, 0.15) is 8.24 Å². The van der Waals surface area contributed by atoms with Gasteiger partial charge in [0.15, 0.2) is 0 Å². The van der Waals surface area contributed by atoms with Crippen molar-refractivity contribution in [2.24, 2.45) is 5.40 Å². The summed E-state index contributed by atoms with van der Waals surface area (Å²) in [5.74, 6) is 0. The van der Waals surface area contributed by atoms with Gasteiger partial charge in [0.25, 0.3) is 0 Å². The fraction of sp³-hybridized carbons (Fsp3) is 1.00. The first kappa shape index (κ1) is 18.2. The van der Waals surface area contributed by atoms with Crippen LogP contribution in [0, 0.1) is 0 Å². The van der Waals surface area contributed by atoms with Crippen molar-refractivity contribution in [3.8, 4) is 0 Å². The van der Waals surface area contributed by atoms with Crippen molar-refractivity contribution < 1.29 is 0 Å². The lowest BCUT2D eigenvalue weighted by Gasteiger charge is -2.14. The molecule has 0 aromatic heterocycles. The average Bonchev–Trinajstić information content (AvgIpc) is 2.29. The highest BCUT2D eigenvalue weighted by Gasteiger charge is 2.12. The summed E-state index contributed by atoms with van der Waals surface area (Å²) in [7, 11) is -1.25. The number of unbranched alkanes of at least 4 members (excludes halogenated alkanes) is 11. The summed E-state index contributed by atoms with van der Waals surface area (Å²) in [5.41, 5.74) is 0. The minimum absolute atomic E-state index is 1.25. The van der Waals surface area contributed by atoms with Crippen molar-refractivity contribution in [2.75, 3.05) is 0 Å². The van der Waals surface area contributed by atoms with Gasteiger partial charge in [-0.3, -0.25) is 0 Å². The van der Waals surface area contributed by atoms with Crippen LogP contribution in [0.15, 0.2) is 0 Å². The zero-order chi connectivity index (χ0) is 13.7. The van der Waals surface area contributed by atoms with Gasteiger partial charge in [-0.15, -0.1) is 0 Å². The van der Waals surface area contributed by atoms with Crippen molar-refractivity contribution in [3.05, 3.63) is 0 Å². The van der Waals surface area contributed by atoms with E-state index in [1.54, 1.807) is 0 Å². The van der Waals surface area contributed by atoms with Crippen molar-refractivity contribution in [3.63, 3.8) is 0 Å². The molecule has 0 aliphatic carbocycles. The molecule has 0 atom stereocenters. The first-order chi connectivity index (χ1) is 8.56. The molecule has 0 heterocycles. The van der Waals surface area contributed by atoms with Crippen LogP contribution in [0.3, 0.4) is 0 Å². The van der Waals surface area contributed by atoms with E-state index in [-0.39, 0.29) is 0 Å². The van der Waals surface area contributed by atoms with E-state index >= 15 is 0 Å². The fourth-order valence-corrected chi connectivity index (χ4v) is 3.58. The molecule has 18 heavy (non-hydrogen) atoms. The van der Waals surface area contributed by atoms with E-state index in [4.69, 9.17) is 5.40 Å². The average molecular weight is 272 g/mol. The molecule has 0 saturated heterocycles. The fourth-order valence-electron chi connectivity index (χ4n) is 2.42. The van der Waals surface area contributed by atoms with Crippen LogP contribution < -0.4 is 5.40 Å². The van der Waals surface area contributed by atoms with Crippen molar-refractivity contribution in [1.29, 1.82) is 0 Å². The molecule has 0 aromatic rings. The molecule has 0 rings (SSSR count). The highest BCUT2D eigenvalue weighted by atomic mass is 28.3.